The molecule has 0 bridgehead atoms. The number of carbonyl (C=O) groups excluding carboxylic acids is 1. The molecule has 3 fully saturated rings. The number of amides is 1. The maximum absolute atomic E-state index is 12.2. The van der Waals surface area contributed by atoms with Crippen molar-refractivity contribution < 1.29 is 9.72 Å². The SMILES string of the molecule is CC(C(=O)NC1CC1)N1CCN(c2ncc([N+](=O)[O-])c(NC3CC3)n2)CC1. The van der Waals surface area contributed by atoms with E-state index in [1.165, 1.54) is 6.20 Å². The summed E-state index contributed by atoms with van der Waals surface area (Å²) >= 11 is 0. The van der Waals surface area contributed by atoms with Crippen molar-refractivity contribution in [3.05, 3.63) is 16.3 Å². The predicted octanol–water partition coefficient (Wildman–Crippen LogP) is 0.748. The molecule has 1 aromatic rings. The Morgan fingerprint density at radius 2 is 1.89 bits per heavy atom. The quantitative estimate of drug-likeness (QED) is 0.530. The van der Waals surface area contributed by atoms with Gasteiger partial charge in [0.2, 0.25) is 17.7 Å². The van der Waals surface area contributed by atoms with Gasteiger partial charge in [-0.15, -0.1) is 0 Å². The number of nitrogens with one attached hydrogen (secondary N) is 2. The third kappa shape index (κ3) is 4.26. The number of rotatable bonds is 7. The molecule has 10 nitrogen and oxygen atoms in total. The molecule has 146 valence electrons. The van der Waals surface area contributed by atoms with Gasteiger partial charge in [0.1, 0.15) is 6.20 Å². The van der Waals surface area contributed by atoms with Crippen LogP contribution in [-0.4, -0.2) is 70.0 Å². The zero-order chi connectivity index (χ0) is 19.0. The lowest BCUT2D eigenvalue weighted by atomic mass is 10.2. The van der Waals surface area contributed by atoms with E-state index in [1.54, 1.807) is 0 Å². The van der Waals surface area contributed by atoms with E-state index in [1.807, 2.05) is 11.8 Å². The van der Waals surface area contributed by atoms with E-state index < -0.39 is 4.92 Å². The first kappa shape index (κ1) is 17.9. The lowest BCUT2D eigenvalue weighted by Gasteiger charge is -2.37. The van der Waals surface area contributed by atoms with Crippen molar-refractivity contribution in [3.63, 3.8) is 0 Å². The largest absolute Gasteiger partial charge is 0.361 e. The standard InChI is InChI=1S/C17H25N7O3/c1-11(16(25)20-13-4-5-13)22-6-8-23(9-7-22)17-18-10-14(24(26)27)15(21-17)19-12-2-3-12/h10-13H,2-9H2,1H3,(H,20,25)(H,18,19,21). The van der Waals surface area contributed by atoms with Crippen LogP contribution in [0.2, 0.25) is 0 Å². The molecule has 10 heteroatoms. The molecule has 27 heavy (non-hydrogen) atoms. The first-order chi connectivity index (χ1) is 13.0. The maximum atomic E-state index is 12.2. The Labute approximate surface area is 157 Å². The van der Waals surface area contributed by atoms with Crippen LogP contribution in [0.25, 0.3) is 0 Å². The Morgan fingerprint density at radius 1 is 1.22 bits per heavy atom. The highest BCUT2D eigenvalue weighted by atomic mass is 16.6. The van der Waals surface area contributed by atoms with Gasteiger partial charge in [0.25, 0.3) is 0 Å². The molecule has 2 aliphatic carbocycles. The van der Waals surface area contributed by atoms with E-state index in [0.29, 0.717) is 30.9 Å². The van der Waals surface area contributed by atoms with Crippen LogP contribution in [0.5, 0.6) is 0 Å². The van der Waals surface area contributed by atoms with Crippen LogP contribution < -0.4 is 15.5 Å². The van der Waals surface area contributed by atoms with E-state index in [4.69, 9.17) is 0 Å². The Bertz CT molecular complexity index is 727. The average molecular weight is 375 g/mol. The van der Waals surface area contributed by atoms with Crippen molar-refractivity contribution >= 4 is 23.4 Å². The molecule has 1 unspecified atom stereocenters. The molecule has 1 aromatic heterocycles. The Morgan fingerprint density at radius 3 is 2.48 bits per heavy atom. The van der Waals surface area contributed by atoms with Gasteiger partial charge < -0.3 is 15.5 Å². The first-order valence-corrected chi connectivity index (χ1v) is 9.58. The average Bonchev–Trinajstić information content (AvgIpc) is 3.58. The van der Waals surface area contributed by atoms with Crippen LogP contribution in [-0.2, 0) is 4.79 Å². The van der Waals surface area contributed by atoms with E-state index in [-0.39, 0.29) is 23.7 Å². The van der Waals surface area contributed by atoms with Crippen molar-refractivity contribution in [3.8, 4) is 0 Å². The van der Waals surface area contributed by atoms with E-state index in [2.05, 4.69) is 25.5 Å². The zero-order valence-corrected chi connectivity index (χ0v) is 15.4. The highest BCUT2D eigenvalue weighted by Crippen LogP contribution is 2.30. The van der Waals surface area contributed by atoms with Gasteiger partial charge in [-0.1, -0.05) is 0 Å². The lowest BCUT2D eigenvalue weighted by molar-refractivity contribution is -0.384. The second-order valence-corrected chi connectivity index (χ2v) is 7.56. The van der Waals surface area contributed by atoms with E-state index in [9.17, 15) is 14.9 Å². The molecule has 3 aliphatic rings. The fourth-order valence-corrected chi connectivity index (χ4v) is 3.20. The minimum atomic E-state index is -0.452. The molecule has 4 rings (SSSR count). The Balaban J connectivity index is 1.38. The normalized spacial score (nSPS) is 21.6. The number of anilines is 2. The molecule has 1 aliphatic heterocycles. The molecule has 2 N–H and O–H groups in total. The monoisotopic (exact) mass is 375 g/mol. The minimum absolute atomic E-state index is 0.0883. The molecule has 1 atom stereocenters. The summed E-state index contributed by atoms with van der Waals surface area (Å²) < 4.78 is 0. The van der Waals surface area contributed by atoms with Crippen LogP contribution in [0.15, 0.2) is 6.20 Å². The van der Waals surface area contributed by atoms with Gasteiger partial charge in [-0.2, -0.15) is 4.98 Å². The molecule has 0 spiro atoms. The van der Waals surface area contributed by atoms with Crippen LogP contribution >= 0.6 is 0 Å². The highest BCUT2D eigenvalue weighted by Gasteiger charge is 2.31. The number of nitrogens with zero attached hydrogens (tertiary/aromatic N) is 5. The molecular weight excluding hydrogens is 350 g/mol. The summed E-state index contributed by atoms with van der Waals surface area (Å²) in [7, 11) is 0. The Hall–Kier alpha value is -2.49. The van der Waals surface area contributed by atoms with Crippen LogP contribution in [0.3, 0.4) is 0 Å². The third-order valence-corrected chi connectivity index (χ3v) is 5.32. The summed E-state index contributed by atoms with van der Waals surface area (Å²) in [4.78, 5) is 35.8. The van der Waals surface area contributed by atoms with Gasteiger partial charge in [0.05, 0.1) is 11.0 Å². The summed E-state index contributed by atoms with van der Waals surface area (Å²) in [5.74, 6) is 0.888. The van der Waals surface area contributed by atoms with Gasteiger partial charge in [-0.05, 0) is 32.6 Å². The van der Waals surface area contributed by atoms with Gasteiger partial charge >= 0.3 is 5.69 Å². The molecule has 1 saturated heterocycles. The van der Waals surface area contributed by atoms with Crippen LogP contribution in [0.1, 0.15) is 32.6 Å². The molecular formula is C17H25N7O3. The van der Waals surface area contributed by atoms with Crippen molar-refractivity contribution in [2.75, 3.05) is 36.4 Å². The second kappa shape index (κ2) is 7.26. The maximum Gasteiger partial charge on any atom is 0.329 e. The summed E-state index contributed by atoms with van der Waals surface area (Å²) in [5, 5.41) is 17.4. The summed E-state index contributed by atoms with van der Waals surface area (Å²) in [6, 6.07) is 0.485. The topological polar surface area (TPSA) is 117 Å². The van der Waals surface area contributed by atoms with Crippen LogP contribution in [0, 0.1) is 10.1 Å². The van der Waals surface area contributed by atoms with Crippen molar-refractivity contribution in [1.82, 2.24) is 20.2 Å². The van der Waals surface area contributed by atoms with Gasteiger partial charge in [-0.3, -0.25) is 19.8 Å². The fourth-order valence-electron chi connectivity index (χ4n) is 3.20. The van der Waals surface area contributed by atoms with Gasteiger partial charge in [0, 0.05) is 38.3 Å². The highest BCUT2D eigenvalue weighted by molar-refractivity contribution is 5.81. The minimum Gasteiger partial charge on any atom is -0.361 e. The van der Waals surface area contributed by atoms with Crippen molar-refractivity contribution in [2.24, 2.45) is 0 Å². The number of hydrogen-bond acceptors (Lipinski definition) is 8. The van der Waals surface area contributed by atoms with Crippen molar-refractivity contribution in [2.45, 2.75) is 50.7 Å². The summed E-state index contributed by atoms with van der Waals surface area (Å²) in [5.41, 5.74) is -0.0883. The lowest BCUT2D eigenvalue weighted by Crippen LogP contribution is -2.54. The third-order valence-electron chi connectivity index (χ3n) is 5.32. The number of aromatic nitrogens is 2. The second-order valence-electron chi connectivity index (χ2n) is 7.56. The van der Waals surface area contributed by atoms with Crippen molar-refractivity contribution in [1.29, 1.82) is 0 Å². The predicted molar refractivity (Wildman–Crippen MR) is 99.7 cm³/mol. The van der Waals surface area contributed by atoms with Gasteiger partial charge in [-0.25, -0.2) is 4.98 Å². The number of nitro groups is 1. The molecule has 2 saturated carbocycles. The zero-order valence-electron chi connectivity index (χ0n) is 15.4. The Kier molecular flexibility index (Phi) is 4.81. The summed E-state index contributed by atoms with van der Waals surface area (Å²) in [6.07, 6.45) is 5.47. The number of hydrogen-bond donors (Lipinski definition) is 2. The fraction of sp³-hybridized carbons (Fsp3) is 0.706. The number of piperazine rings is 1. The molecule has 1 amide bonds. The molecule has 0 radical (unpaired) electrons. The van der Waals surface area contributed by atoms with E-state index in [0.717, 1.165) is 38.8 Å². The molecule has 2 heterocycles. The van der Waals surface area contributed by atoms with Crippen LogP contribution in [0.4, 0.5) is 17.5 Å². The first-order valence-electron chi connectivity index (χ1n) is 9.58. The van der Waals surface area contributed by atoms with Gasteiger partial charge in [0.15, 0.2) is 0 Å². The molecule has 0 aromatic carbocycles. The van der Waals surface area contributed by atoms with E-state index >= 15 is 0 Å². The number of carbonyl (C=O) groups is 1. The smallest absolute Gasteiger partial charge is 0.329 e. The summed E-state index contributed by atoms with van der Waals surface area (Å²) in [6.45, 7) is 4.76.